The number of hydrazone groups is 2. The maximum absolute atomic E-state index is 4.84. The van der Waals surface area contributed by atoms with E-state index < -0.39 is 0 Å². The van der Waals surface area contributed by atoms with Crippen molar-refractivity contribution in [1.82, 2.24) is 10.0 Å². The number of benzene rings is 2. The second kappa shape index (κ2) is 16.5. The molecule has 192 valence electrons. The first-order chi connectivity index (χ1) is 17.8. The zero-order valence-electron chi connectivity index (χ0n) is 22.4. The quantitative estimate of drug-likeness (QED) is 0.201. The van der Waals surface area contributed by atoms with E-state index in [0.717, 1.165) is 39.0 Å². The summed E-state index contributed by atoms with van der Waals surface area (Å²) in [7, 11) is 0. The molecule has 0 N–H and O–H groups in total. The molecule has 0 aliphatic carbocycles. The van der Waals surface area contributed by atoms with E-state index in [9.17, 15) is 0 Å². The Morgan fingerprint density at radius 2 is 1.00 bits per heavy atom. The third-order valence-corrected chi connectivity index (χ3v) is 6.45. The Morgan fingerprint density at radius 1 is 0.611 bits per heavy atom. The van der Waals surface area contributed by atoms with Crippen molar-refractivity contribution >= 4 is 24.6 Å². The third-order valence-electron chi connectivity index (χ3n) is 6.45. The molecule has 1 heterocycles. The lowest BCUT2D eigenvalue weighted by Gasteiger charge is -2.31. The van der Waals surface area contributed by atoms with E-state index in [1.165, 1.54) is 60.8 Å². The van der Waals surface area contributed by atoms with Crippen molar-refractivity contribution in [3.63, 3.8) is 0 Å². The normalized spacial score (nSPS) is 15.4. The summed E-state index contributed by atoms with van der Waals surface area (Å²) in [5.74, 6) is 0. The van der Waals surface area contributed by atoms with Gasteiger partial charge in [-0.15, -0.1) is 0 Å². The highest BCUT2D eigenvalue weighted by Gasteiger charge is 2.13. The van der Waals surface area contributed by atoms with Crippen molar-refractivity contribution in [1.29, 1.82) is 0 Å². The van der Waals surface area contributed by atoms with Gasteiger partial charge in [-0.05, 0) is 48.0 Å². The summed E-state index contributed by atoms with van der Waals surface area (Å²) in [6, 6.07) is 21.1. The first kappa shape index (κ1) is 27.4. The lowest BCUT2D eigenvalue weighted by atomic mass is 10.1. The number of rotatable bonds is 14. The Bertz CT molecular complexity index is 886. The van der Waals surface area contributed by atoms with Crippen molar-refractivity contribution in [3.05, 3.63) is 82.9 Å². The Hall–Kier alpha value is -3.14. The van der Waals surface area contributed by atoms with Crippen molar-refractivity contribution in [2.45, 2.75) is 65.2 Å². The fourth-order valence-corrected chi connectivity index (χ4v) is 4.26. The maximum atomic E-state index is 4.84. The lowest BCUT2D eigenvalue weighted by Crippen LogP contribution is -2.41. The van der Waals surface area contributed by atoms with Crippen LogP contribution in [0.3, 0.4) is 0 Å². The highest BCUT2D eigenvalue weighted by atomic mass is 15.5. The van der Waals surface area contributed by atoms with Gasteiger partial charge in [-0.1, -0.05) is 112 Å². The molecule has 1 saturated heterocycles. The molecule has 36 heavy (non-hydrogen) atoms. The molecule has 0 spiro atoms. The second-order valence-corrected chi connectivity index (χ2v) is 9.57. The molecular weight excluding hydrogens is 440 g/mol. The van der Waals surface area contributed by atoms with Gasteiger partial charge in [0, 0.05) is 0 Å². The summed E-state index contributed by atoms with van der Waals surface area (Å²) in [6.07, 6.45) is 18.3. The molecule has 1 aliphatic heterocycles. The molecule has 4 heteroatoms. The molecule has 3 rings (SSSR count). The van der Waals surface area contributed by atoms with Gasteiger partial charge in [-0.25, -0.2) is 0 Å². The highest BCUT2D eigenvalue weighted by molar-refractivity contribution is 5.86. The monoisotopic (exact) mass is 484 g/mol. The molecule has 1 fully saturated rings. The predicted octanol–water partition coefficient (Wildman–Crippen LogP) is 7.90. The van der Waals surface area contributed by atoms with Gasteiger partial charge in [0.15, 0.2) is 0 Å². The van der Waals surface area contributed by atoms with Crippen LogP contribution in [0.1, 0.15) is 76.3 Å². The Labute approximate surface area is 219 Å². The van der Waals surface area contributed by atoms with Crippen LogP contribution in [0.15, 0.2) is 82.0 Å². The highest BCUT2D eigenvalue weighted by Crippen LogP contribution is 2.15. The Kier molecular flexibility index (Phi) is 12.6. The van der Waals surface area contributed by atoms with Crippen LogP contribution in [-0.4, -0.2) is 48.6 Å². The van der Waals surface area contributed by atoms with Gasteiger partial charge in [0.25, 0.3) is 0 Å². The zero-order valence-corrected chi connectivity index (χ0v) is 22.4. The van der Waals surface area contributed by atoms with Crippen LogP contribution >= 0.6 is 0 Å². The smallest absolute Gasteiger partial charge is 0.0553 e. The summed E-state index contributed by atoms with van der Waals surface area (Å²) in [5, 5.41) is 14.1. The van der Waals surface area contributed by atoms with Gasteiger partial charge in [0.2, 0.25) is 0 Å². The molecule has 0 atom stereocenters. The molecule has 0 aromatic heterocycles. The summed E-state index contributed by atoms with van der Waals surface area (Å²) in [6.45, 7) is 8.10. The van der Waals surface area contributed by atoms with E-state index in [1.54, 1.807) is 0 Å². The molecule has 1 aliphatic rings. The van der Waals surface area contributed by atoms with E-state index in [4.69, 9.17) is 10.2 Å². The van der Waals surface area contributed by atoms with Gasteiger partial charge in [0.1, 0.15) is 0 Å². The molecule has 0 bridgehead atoms. The van der Waals surface area contributed by atoms with Crippen molar-refractivity contribution < 1.29 is 0 Å². The first-order valence-corrected chi connectivity index (χ1v) is 13.9. The lowest BCUT2D eigenvalue weighted by molar-refractivity contribution is 0.141. The number of unbranched alkanes of at least 4 members (excludes halogenated alkanes) is 4. The van der Waals surface area contributed by atoms with Crippen LogP contribution in [0.25, 0.3) is 12.2 Å². The minimum absolute atomic E-state index is 0.898. The van der Waals surface area contributed by atoms with Gasteiger partial charge in [0.05, 0.1) is 38.6 Å². The maximum Gasteiger partial charge on any atom is 0.0553 e. The predicted molar refractivity (Wildman–Crippen MR) is 157 cm³/mol. The molecular formula is C32H44N4. The summed E-state index contributed by atoms with van der Waals surface area (Å²) in [4.78, 5) is 0. The molecule has 4 nitrogen and oxygen atoms in total. The number of nitrogens with zero attached hydrogens (tertiary/aromatic N) is 4. The van der Waals surface area contributed by atoms with Crippen LogP contribution in [0.2, 0.25) is 0 Å². The van der Waals surface area contributed by atoms with Gasteiger partial charge in [-0.2, -0.15) is 10.2 Å². The van der Waals surface area contributed by atoms with Crippen molar-refractivity contribution in [3.8, 4) is 0 Å². The van der Waals surface area contributed by atoms with Gasteiger partial charge >= 0.3 is 0 Å². The van der Waals surface area contributed by atoms with Crippen LogP contribution in [-0.2, 0) is 0 Å². The number of hydrogen-bond donors (Lipinski definition) is 0. The third kappa shape index (κ3) is 10.6. The largest absolute Gasteiger partial charge is 0.293 e. The SMILES string of the molecule is CCCCCC(=Cc1ccccc1)/C=N/N1CCN(/N=C/C(=Cc2ccccc2)CCCCC)CC1. The zero-order chi connectivity index (χ0) is 25.3. The van der Waals surface area contributed by atoms with Crippen molar-refractivity contribution in [2.24, 2.45) is 10.2 Å². The fraction of sp³-hybridized carbons (Fsp3) is 0.438. The van der Waals surface area contributed by atoms with E-state index in [2.05, 4.69) is 109 Å². The molecule has 2 aromatic rings. The van der Waals surface area contributed by atoms with Crippen LogP contribution in [0.4, 0.5) is 0 Å². The number of allylic oxidation sites excluding steroid dienone is 2. The number of piperazine rings is 1. The second-order valence-electron chi connectivity index (χ2n) is 9.57. The molecule has 0 unspecified atom stereocenters. The summed E-state index contributed by atoms with van der Waals surface area (Å²) >= 11 is 0. The molecule has 0 radical (unpaired) electrons. The molecule has 0 amide bonds. The standard InChI is InChI=1S/C32H44N4/c1-3-5-9-19-31(25-29-15-11-7-12-16-29)27-33-35-21-23-36(24-22-35)34-28-32(20-10-6-4-2)26-30-17-13-8-14-18-30/h7-8,11-18,25-28H,3-6,9-10,19-24H2,1-2H3/b31-25?,32-26?,33-27+,34-28+. The van der Waals surface area contributed by atoms with E-state index >= 15 is 0 Å². The summed E-state index contributed by atoms with van der Waals surface area (Å²) in [5.41, 5.74) is 5.09. The Morgan fingerprint density at radius 3 is 1.36 bits per heavy atom. The van der Waals surface area contributed by atoms with Crippen LogP contribution in [0.5, 0.6) is 0 Å². The Balaban J connectivity index is 1.55. The number of hydrogen-bond acceptors (Lipinski definition) is 4. The van der Waals surface area contributed by atoms with E-state index in [0.29, 0.717) is 0 Å². The minimum Gasteiger partial charge on any atom is -0.293 e. The summed E-state index contributed by atoms with van der Waals surface area (Å²) < 4.78 is 0. The average molecular weight is 485 g/mol. The van der Waals surface area contributed by atoms with E-state index in [-0.39, 0.29) is 0 Å². The fourth-order valence-electron chi connectivity index (χ4n) is 4.26. The molecule has 0 saturated carbocycles. The van der Waals surface area contributed by atoms with Crippen LogP contribution in [0, 0.1) is 0 Å². The van der Waals surface area contributed by atoms with Crippen molar-refractivity contribution in [2.75, 3.05) is 26.2 Å². The molecule has 2 aromatic carbocycles. The van der Waals surface area contributed by atoms with Gasteiger partial charge in [-0.3, -0.25) is 10.0 Å². The topological polar surface area (TPSA) is 31.2 Å². The minimum atomic E-state index is 0.898. The van der Waals surface area contributed by atoms with Crippen LogP contribution < -0.4 is 0 Å². The first-order valence-electron chi connectivity index (χ1n) is 13.9. The average Bonchev–Trinajstić information content (AvgIpc) is 2.92. The van der Waals surface area contributed by atoms with E-state index in [1.807, 2.05) is 0 Å². The van der Waals surface area contributed by atoms with Gasteiger partial charge < -0.3 is 0 Å².